The molecule has 0 aromatic carbocycles. The molecule has 102 valence electrons. The van der Waals surface area contributed by atoms with E-state index in [-0.39, 0.29) is 11.6 Å². The molecule has 2 rings (SSSR count). The van der Waals surface area contributed by atoms with Crippen molar-refractivity contribution >= 4 is 17.5 Å². The van der Waals surface area contributed by atoms with Crippen LogP contribution in [0.4, 0.5) is 16.4 Å². The lowest BCUT2D eigenvalue weighted by molar-refractivity contribution is 0.436. The number of halogens is 4. The number of allylic oxidation sites excluding steroid dienone is 3. The zero-order valence-electron chi connectivity index (χ0n) is 10.8. The summed E-state index contributed by atoms with van der Waals surface area (Å²) in [6.07, 6.45) is 3.72. The van der Waals surface area contributed by atoms with E-state index in [1.54, 1.807) is 26.8 Å². The molecule has 6 heteroatoms. The van der Waals surface area contributed by atoms with Crippen LogP contribution in [0.5, 0.6) is 0 Å². The lowest BCUT2D eigenvalue weighted by atomic mass is 9.97. The Kier molecular flexibility index (Phi) is 3.17. The molecule has 0 radical (unpaired) electrons. The summed E-state index contributed by atoms with van der Waals surface area (Å²) in [5, 5.41) is -0.219. The molecule has 0 saturated heterocycles. The van der Waals surface area contributed by atoms with Crippen LogP contribution in [0.2, 0.25) is 11.1 Å². The van der Waals surface area contributed by atoms with Gasteiger partial charge in [-0.1, -0.05) is 32.9 Å². The third-order valence-electron chi connectivity index (χ3n) is 3.84. The van der Waals surface area contributed by atoms with Gasteiger partial charge in [0.2, 0.25) is 0 Å². The summed E-state index contributed by atoms with van der Waals surface area (Å²) in [6, 6.07) is 0. The van der Waals surface area contributed by atoms with Gasteiger partial charge in [0.25, 0.3) is 0 Å². The highest BCUT2D eigenvalue weighted by atomic mass is 28.4. The van der Waals surface area contributed by atoms with Crippen LogP contribution in [0.25, 0.3) is 0 Å². The molecule has 1 aliphatic carbocycles. The number of fused-ring (bicyclic) bond motifs is 1. The summed E-state index contributed by atoms with van der Waals surface area (Å²) in [5.41, 5.74) is -2.39. The lowest BCUT2D eigenvalue weighted by Crippen LogP contribution is -2.51. The van der Waals surface area contributed by atoms with E-state index in [1.807, 2.05) is 0 Å². The standard InChI is InChI=1S/C12H18F4Si2/c1-12(2,3)11-8-17(13,14)9-6-4-5-7-10(9)18(11,15)16/h4,6,8-10H,5,7H2,1-3H3. The zero-order valence-corrected chi connectivity index (χ0v) is 12.8. The molecule has 0 amide bonds. The molecule has 2 atom stereocenters. The first kappa shape index (κ1) is 14.1. The minimum absolute atomic E-state index is 0.219. The third-order valence-corrected chi connectivity index (χ3v) is 9.81. The first-order chi connectivity index (χ1) is 8.07. The molecule has 0 spiro atoms. The molecule has 1 aliphatic heterocycles. The second-order valence-corrected chi connectivity index (χ2v) is 11.1. The van der Waals surface area contributed by atoms with Crippen molar-refractivity contribution in [2.45, 2.75) is 44.7 Å². The Balaban J connectivity index is 2.56. The van der Waals surface area contributed by atoms with E-state index in [2.05, 4.69) is 0 Å². The van der Waals surface area contributed by atoms with Crippen molar-refractivity contribution in [2.24, 2.45) is 5.41 Å². The molecule has 1 heterocycles. The molecular formula is C12H18F4Si2. The van der Waals surface area contributed by atoms with Crippen molar-refractivity contribution in [3.8, 4) is 0 Å². The Bertz CT molecular complexity index is 407. The van der Waals surface area contributed by atoms with Gasteiger partial charge >= 0.3 is 17.5 Å². The predicted molar refractivity (Wildman–Crippen MR) is 69.4 cm³/mol. The van der Waals surface area contributed by atoms with Gasteiger partial charge in [-0.25, -0.2) is 0 Å². The highest BCUT2D eigenvalue weighted by Gasteiger charge is 2.65. The van der Waals surface area contributed by atoms with Crippen LogP contribution in [-0.2, 0) is 0 Å². The molecule has 0 N–H and O–H groups in total. The highest BCUT2D eigenvalue weighted by molar-refractivity contribution is 6.86. The molecule has 2 unspecified atom stereocenters. The van der Waals surface area contributed by atoms with Crippen molar-refractivity contribution in [2.75, 3.05) is 0 Å². The van der Waals surface area contributed by atoms with E-state index >= 15 is 0 Å². The maximum atomic E-state index is 14.6. The van der Waals surface area contributed by atoms with Gasteiger partial charge in [-0.2, -0.15) is 0 Å². The third kappa shape index (κ3) is 2.13. The van der Waals surface area contributed by atoms with Crippen LogP contribution in [0.1, 0.15) is 33.6 Å². The maximum Gasteiger partial charge on any atom is 0.455 e. The van der Waals surface area contributed by atoms with Gasteiger partial charge in [0.1, 0.15) is 0 Å². The smallest absolute Gasteiger partial charge is 0.265 e. The van der Waals surface area contributed by atoms with Crippen LogP contribution in [-0.4, -0.2) is 17.5 Å². The quantitative estimate of drug-likeness (QED) is 0.258. The molecule has 0 nitrogen and oxygen atoms in total. The van der Waals surface area contributed by atoms with Crippen molar-refractivity contribution in [3.63, 3.8) is 0 Å². The highest BCUT2D eigenvalue weighted by Crippen LogP contribution is 2.58. The van der Waals surface area contributed by atoms with Crippen molar-refractivity contribution in [1.29, 1.82) is 0 Å². The molecular weight excluding hydrogens is 276 g/mol. The average Bonchev–Trinajstić information content (AvgIpc) is 2.23. The molecule has 0 fully saturated rings. The van der Waals surface area contributed by atoms with Crippen LogP contribution < -0.4 is 0 Å². The van der Waals surface area contributed by atoms with Gasteiger partial charge in [0.05, 0.1) is 0 Å². The Hall–Kier alpha value is -0.366. The van der Waals surface area contributed by atoms with E-state index < -0.39 is 34.0 Å². The normalized spacial score (nSPS) is 33.8. The summed E-state index contributed by atoms with van der Waals surface area (Å²) < 4.78 is 57.5. The molecule has 0 saturated carbocycles. The summed E-state index contributed by atoms with van der Waals surface area (Å²) in [4.78, 5) is 0. The summed E-state index contributed by atoms with van der Waals surface area (Å²) in [7, 11) is -9.45. The van der Waals surface area contributed by atoms with Gasteiger partial charge in [0.15, 0.2) is 0 Å². The first-order valence-corrected chi connectivity index (χ1v) is 9.97. The molecule has 0 bridgehead atoms. The number of hydrogen-bond acceptors (Lipinski definition) is 0. The van der Waals surface area contributed by atoms with Crippen molar-refractivity contribution < 1.29 is 16.4 Å². The van der Waals surface area contributed by atoms with E-state index in [4.69, 9.17) is 0 Å². The molecule has 0 aromatic rings. The van der Waals surface area contributed by atoms with E-state index in [0.717, 1.165) is 0 Å². The largest absolute Gasteiger partial charge is 0.455 e. The maximum absolute atomic E-state index is 14.6. The summed E-state index contributed by atoms with van der Waals surface area (Å²) in [6.45, 7) is 4.84. The minimum atomic E-state index is -4.74. The fourth-order valence-corrected chi connectivity index (χ4v) is 10.2. The molecule has 18 heavy (non-hydrogen) atoms. The van der Waals surface area contributed by atoms with Crippen LogP contribution >= 0.6 is 0 Å². The number of hydrogen-bond donors (Lipinski definition) is 0. The monoisotopic (exact) mass is 294 g/mol. The van der Waals surface area contributed by atoms with Gasteiger partial charge in [-0.3, -0.25) is 16.4 Å². The average molecular weight is 294 g/mol. The first-order valence-electron chi connectivity index (χ1n) is 6.23. The Morgan fingerprint density at radius 3 is 2.33 bits per heavy atom. The zero-order chi connectivity index (χ0) is 13.8. The lowest BCUT2D eigenvalue weighted by Gasteiger charge is -2.43. The fourth-order valence-electron chi connectivity index (χ4n) is 2.94. The topological polar surface area (TPSA) is 0 Å². The fraction of sp³-hybridized carbons (Fsp3) is 0.667. The summed E-state index contributed by atoms with van der Waals surface area (Å²) >= 11 is 0. The van der Waals surface area contributed by atoms with Gasteiger partial charge in [-0.15, -0.1) is 0 Å². The predicted octanol–water partition coefficient (Wildman–Crippen LogP) is 4.90. The van der Waals surface area contributed by atoms with Crippen LogP contribution in [0.3, 0.4) is 0 Å². The summed E-state index contributed by atoms with van der Waals surface area (Å²) in [5.74, 6) is 0. The van der Waals surface area contributed by atoms with Crippen molar-refractivity contribution in [3.05, 3.63) is 23.0 Å². The minimum Gasteiger partial charge on any atom is -0.265 e. The Morgan fingerprint density at radius 1 is 1.17 bits per heavy atom. The second-order valence-electron chi connectivity index (χ2n) is 6.24. The number of rotatable bonds is 0. The SMILES string of the molecule is CC(C)(C)C1=C[Si](F)(F)C2C=CCCC2[Si]1(F)F. The Labute approximate surface area is 107 Å². The molecule has 0 aromatic heterocycles. The second kappa shape index (κ2) is 4.06. The van der Waals surface area contributed by atoms with Crippen molar-refractivity contribution in [1.82, 2.24) is 0 Å². The van der Waals surface area contributed by atoms with Gasteiger partial charge in [0, 0.05) is 11.1 Å². The van der Waals surface area contributed by atoms with E-state index in [1.165, 1.54) is 6.08 Å². The van der Waals surface area contributed by atoms with E-state index in [9.17, 15) is 16.4 Å². The van der Waals surface area contributed by atoms with Crippen LogP contribution in [0.15, 0.2) is 23.0 Å². The van der Waals surface area contributed by atoms with E-state index in [0.29, 0.717) is 12.1 Å². The molecule has 2 aliphatic rings. The van der Waals surface area contributed by atoms with Crippen LogP contribution in [0, 0.1) is 5.41 Å². The Morgan fingerprint density at radius 2 is 1.78 bits per heavy atom. The van der Waals surface area contributed by atoms with Gasteiger partial charge in [-0.05, 0) is 29.2 Å². The van der Waals surface area contributed by atoms with Gasteiger partial charge < -0.3 is 0 Å².